The molecule has 0 radical (unpaired) electrons. The van der Waals surface area contributed by atoms with Crippen LogP contribution in [0, 0.1) is 17.2 Å². The molecule has 1 saturated heterocycles. The third-order valence-corrected chi connectivity index (χ3v) is 2.68. The van der Waals surface area contributed by atoms with Gasteiger partial charge in [0.1, 0.15) is 5.78 Å². The van der Waals surface area contributed by atoms with Crippen molar-refractivity contribution < 1.29 is 9.59 Å². The van der Waals surface area contributed by atoms with E-state index in [0.717, 1.165) is 0 Å². The fourth-order valence-electron chi connectivity index (χ4n) is 1.76. The van der Waals surface area contributed by atoms with Crippen molar-refractivity contribution in [3.05, 3.63) is 0 Å². The third-order valence-electron chi connectivity index (χ3n) is 2.68. The summed E-state index contributed by atoms with van der Waals surface area (Å²) in [6.45, 7) is 3.93. The third kappa shape index (κ3) is 3.99. The zero-order chi connectivity index (χ0) is 12.0. The fourth-order valence-corrected chi connectivity index (χ4v) is 1.76. The van der Waals surface area contributed by atoms with Crippen LogP contribution in [0.2, 0.25) is 0 Å². The Morgan fingerprint density at radius 2 is 2.44 bits per heavy atom. The lowest BCUT2D eigenvalue weighted by atomic mass is 9.99. The molecule has 88 valence electrons. The van der Waals surface area contributed by atoms with Crippen molar-refractivity contribution in [2.75, 3.05) is 26.2 Å². The Balaban J connectivity index is 2.24. The molecule has 1 heterocycles. The van der Waals surface area contributed by atoms with E-state index < -0.39 is 0 Å². The molecule has 1 rings (SSSR count). The molecule has 1 aliphatic rings. The van der Waals surface area contributed by atoms with Crippen LogP contribution >= 0.6 is 0 Å². The molecule has 1 atom stereocenters. The van der Waals surface area contributed by atoms with Crippen LogP contribution in [0.5, 0.6) is 0 Å². The number of carbonyl (C=O) groups excluding carboxylic acids is 2. The summed E-state index contributed by atoms with van der Waals surface area (Å²) in [5.41, 5.74) is 0. The van der Waals surface area contributed by atoms with E-state index in [4.69, 9.17) is 5.26 Å². The van der Waals surface area contributed by atoms with Gasteiger partial charge < -0.3 is 5.32 Å². The monoisotopic (exact) mass is 223 g/mol. The first-order valence-electron chi connectivity index (χ1n) is 5.52. The molecule has 1 amide bonds. The van der Waals surface area contributed by atoms with Gasteiger partial charge in [-0.05, 0) is 0 Å². The Hall–Kier alpha value is -1.41. The van der Waals surface area contributed by atoms with Crippen molar-refractivity contribution >= 4 is 11.7 Å². The molecule has 1 aliphatic heterocycles. The topological polar surface area (TPSA) is 73.2 Å². The number of rotatable bonds is 4. The molecule has 0 aliphatic carbocycles. The number of ketones is 1. The van der Waals surface area contributed by atoms with E-state index >= 15 is 0 Å². The minimum Gasteiger partial charge on any atom is -0.354 e. The average Bonchev–Trinajstić information content (AvgIpc) is 2.24. The molecule has 1 unspecified atom stereocenters. The Morgan fingerprint density at radius 3 is 3.06 bits per heavy atom. The van der Waals surface area contributed by atoms with Crippen LogP contribution in [0.1, 0.15) is 19.8 Å². The van der Waals surface area contributed by atoms with Crippen molar-refractivity contribution in [2.24, 2.45) is 5.92 Å². The minimum atomic E-state index is -0.0724. The molecule has 0 aromatic carbocycles. The van der Waals surface area contributed by atoms with Gasteiger partial charge in [-0.1, -0.05) is 6.92 Å². The first-order valence-corrected chi connectivity index (χ1v) is 5.52. The zero-order valence-electron chi connectivity index (χ0n) is 9.53. The standard InChI is InChI=1S/C11H17N3O2/c1-9-7-14(6-3-10(9)15)8-11(16)13-5-2-4-12/h9H,2-3,5-8H2,1H3,(H,13,16). The number of Topliss-reactive ketones (excluding diaryl/α,β-unsaturated/α-hetero) is 1. The number of carbonyl (C=O) groups is 2. The molecule has 5 nitrogen and oxygen atoms in total. The molecule has 1 fully saturated rings. The number of hydrogen-bond donors (Lipinski definition) is 1. The van der Waals surface area contributed by atoms with E-state index in [-0.39, 0.29) is 17.6 Å². The highest BCUT2D eigenvalue weighted by Gasteiger charge is 2.24. The lowest BCUT2D eigenvalue weighted by molar-refractivity contribution is -0.129. The maximum absolute atomic E-state index is 11.4. The number of nitrogens with one attached hydrogen (secondary N) is 1. The summed E-state index contributed by atoms with van der Waals surface area (Å²) in [6.07, 6.45) is 0.868. The van der Waals surface area contributed by atoms with E-state index in [1.54, 1.807) is 0 Å². The van der Waals surface area contributed by atoms with Gasteiger partial charge in [0.15, 0.2) is 0 Å². The van der Waals surface area contributed by atoms with E-state index in [0.29, 0.717) is 39.0 Å². The lowest BCUT2D eigenvalue weighted by Gasteiger charge is -2.29. The van der Waals surface area contributed by atoms with E-state index in [1.165, 1.54) is 0 Å². The van der Waals surface area contributed by atoms with E-state index in [1.807, 2.05) is 17.9 Å². The smallest absolute Gasteiger partial charge is 0.234 e. The second-order valence-electron chi connectivity index (χ2n) is 4.11. The first-order chi connectivity index (χ1) is 7.63. The van der Waals surface area contributed by atoms with Gasteiger partial charge >= 0.3 is 0 Å². The van der Waals surface area contributed by atoms with Crippen LogP contribution in [0.25, 0.3) is 0 Å². The SMILES string of the molecule is CC1CN(CC(=O)NCCC#N)CCC1=O. The highest BCUT2D eigenvalue weighted by atomic mass is 16.2. The molecule has 0 saturated carbocycles. The fraction of sp³-hybridized carbons (Fsp3) is 0.727. The largest absolute Gasteiger partial charge is 0.354 e. The number of amides is 1. The first kappa shape index (κ1) is 12.7. The second kappa shape index (κ2) is 6.23. The van der Waals surface area contributed by atoms with Gasteiger partial charge in [-0.15, -0.1) is 0 Å². The van der Waals surface area contributed by atoms with Gasteiger partial charge in [0.2, 0.25) is 5.91 Å². The Morgan fingerprint density at radius 1 is 1.69 bits per heavy atom. The summed E-state index contributed by atoms with van der Waals surface area (Å²) < 4.78 is 0. The molecule has 0 bridgehead atoms. The molecule has 0 aromatic rings. The highest BCUT2D eigenvalue weighted by molar-refractivity contribution is 5.82. The Kier molecular flexibility index (Phi) is 4.93. The van der Waals surface area contributed by atoms with Crippen molar-refractivity contribution in [1.29, 1.82) is 5.26 Å². The number of likely N-dealkylation sites (tertiary alicyclic amines) is 1. The maximum Gasteiger partial charge on any atom is 0.234 e. The van der Waals surface area contributed by atoms with Gasteiger partial charge in [-0.25, -0.2) is 0 Å². The van der Waals surface area contributed by atoms with Crippen molar-refractivity contribution in [3.8, 4) is 6.07 Å². The van der Waals surface area contributed by atoms with Gasteiger partial charge in [-0.3, -0.25) is 14.5 Å². The number of nitrogens with zero attached hydrogens (tertiary/aromatic N) is 2. The summed E-state index contributed by atoms with van der Waals surface area (Å²) in [5.74, 6) is 0.235. The van der Waals surface area contributed by atoms with Gasteiger partial charge in [0, 0.05) is 32.0 Å². The molecule has 1 N–H and O–H groups in total. The molecule has 16 heavy (non-hydrogen) atoms. The van der Waals surface area contributed by atoms with Crippen molar-refractivity contribution in [3.63, 3.8) is 0 Å². The van der Waals surface area contributed by atoms with Crippen LogP contribution in [-0.2, 0) is 9.59 Å². The number of nitriles is 1. The van der Waals surface area contributed by atoms with Crippen LogP contribution in [0.15, 0.2) is 0 Å². The van der Waals surface area contributed by atoms with Crippen LogP contribution in [-0.4, -0.2) is 42.8 Å². The average molecular weight is 223 g/mol. The predicted octanol–water partition coefficient (Wildman–Crippen LogP) is -0.0728. The van der Waals surface area contributed by atoms with Crippen molar-refractivity contribution in [2.45, 2.75) is 19.8 Å². The summed E-state index contributed by atoms with van der Waals surface area (Å²) in [4.78, 5) is 24.7. The van der Waals surface area contributed by atoms with Crippen molar-refractivity contribution in [1.82, 2.24) is 10.2 Å². The Bertz CT molecular complexity index is 309. The zero-order valence-corrected chi connectivity index (χ0v) is 9.53. The number of hydrogen-bond acceptors (Lipinski definition) is 4. The van der Waals surface area contributed by atoms with E-state index in [2.05, 4.69) is 5.32 Å². The summed E-state index contributed by atoms with van der Waals surface area (Å²) >= 11 is 0. The predicted molar refractivity (Wildman–Crippen MR) is 58.5 cm³/mol. The molecule has 0 aromatic heterocycles. The second-order valence-corrected chi connectivity index (χ2v) is 4.11. The quantitative estimate of drug-likeness (QED) is 0.677. The Labute approximate surface area is 95.4 Å². The maximum atomic E-state index is 11.4. The highest BCUT2D eigenvalue weighted by Crippen LogP contribution is 2.11. The van der Waals surface area contributed by atoms with Crippen LogP contribution in [0.3, 0.4) is 0 Å². The van der Waals surface area contributed by atoms with Gasteiger partial charge in [0.25, 0.3) is 0 Å². The molecular weight excluding hydrogens is 206 g/mol. The lowest BCUT2D eigenvalue weighted by Crippen LogP contribution is -2.45. The number of piperidine rings is 1. The minimum absolute atomic E-state index is 0.0284. The van der Waals surface area contributed by atoms with E-state index in [9.17, 15) is 9.59 Å². The summed E-state index contributed by atoms with van der Waals surface area (Å²) in [5, 5.41) is 11.0. The normalized spacial score (nSPS) is 21.5. The molecular formula is C11H17N3O2. The van der Waals surface area contributed by atoms with Gasteiger partial charge in [-0.2, -0.15) is 5.26 Å². The summed E-state index contributed by atoms with van der Waals surface area (Å²) in [7, 11) is 0. The molecule has 0 spiro atoms. The molecule has 5 heteroatoms. The van der Waals surface area contributed by atoms with Crippen LogP contribution in [0.4, 0.5) is 0 Å². The summed E-state index contributed by atoms with van der Waals surface area (Å²) in [6, 6.07) is 1.97. The van der Waals surface area contributed by atoms with Gasteiger partial charge in [0.05, 0.1) is 19.0 Å². The van der Waals surface area contributed by atoms with Crippen LogP contribution < -0.4 is 5.32 Å².